The lowest BCUT2D eigenvalue weighted by atomic mass is 9.94. The molecule has 0 fully saturated rings. The number of amides is 1. The maximum atomic E-state index is 13.4. The average Bonchev–Trinajstić information content (AvgIpc) is 3.36. The van der Waals surface area contributed by atoms with Gasteiger partial charge in [-0.2, -0.15) is 8.78 Å². The number of aliphatic hydroxyl groups is 1. The first kappa shape index (κ1) is 24.4. The summed E-state index contributed by atoms with van der Waals surface area (Å²) >= 11 is 0. The quantitative estimate of drug-likeness (QED) is 0.394. The normalized spacial score (nSPS) is 20.4. The summed E-state index contributed by atoms with van der Waals surface area (Å²) < 4.78 is 33.9. The van der Waals surface area contributed by atoms with Crippen LogP contribution in [0.2, 0.25) is 0 Å². The third-order valence-electron chi connectivity index (χ3n) is 7.52. The predicted molar refractivity (Wildman–Crippen MR) is 136 cm³/mol. The maximum Gasteiger partial charge on any atom is 0.387 e. The zero-order chi connectivity index (χ0) is 26.9. The highest BCUT2D eigenvalue weighted by atomic mass is 19.3. The van der Waals surface area contributed by atoms with E-state index in [1.165, 1.54) is 6.92 Å². The minimum Gasteiger partial charge on any atom is -0.434 e. The van der Waals surface area contributed by atoms with Crippen LogP contribution >= 0.6 is 0 Å². The van der Waals surface area contributed by atoms with E-state index in [-0.39, 0.29) is 29.8 Å². The van der Waals surface area contributed by atoms with E-state index in [4.69, 9.17) is 9.72 Å². The lowest BCUT2D eigenvalue weighted by molar-refractivity contribution is -0.133. The molecule has 1 amide bonds. The second-order valence-electron chi connectivity index (χ2n) is 10.4. The van der Waals surface area contributed by atoms with Crippen molar-refractivity contribution in [2.75, 3.05) is 0 Å². The molecule has 2 aromatic heterocycles. The molecule has 2 bridgehead atoms. The van der Waals surface area contributed by atoms with E-state index in [1.807, 2.05) is 31.2 Å². The summed E-state index contributed by atoms with van der Waals surface area (Å²) in [5, 5.41) is 10.2. The molecule has 1 unspecified atom stereocenters. The fraction of sp³-hybridized carbons (Fsp3) is 0.357. The molecule has 2 aliphatic rings. The Morgan fingerprint density at radius 2 is 1.87 bits per heavy atom. The number of hydrogen-bond acceptors (Lipinski definition) is 6. The van der Waals surface area contributed by atoms with E-state index < -0.39 is 12.2 Å². The summed E-state index contributed by atoms with van der Waals surface area (Å²) in [7, 11) is 0. The van der Waals surface area contributed by atoms with Gasteiger partial charge in [-0.25, -0.2) is 15.0 Å². The molecule has 0 radical (unpaired) electrons. The van der Waals surface area contributed by atoms with E-state index >= 15 is 0 Å². The summed E-state index contributed by atoms with van der Waals surface area (Å²) in [6.07, 6.45) is 3.83. The molecule has 8 nitrogen and oxygen atoms in total. The number of alkyl halides is 2. The fourth-order valence-electron chi connectivity index (χ4n) is 5.95. The van der Waals surface area contributed by atoms with E-state index in [1.54, 1.807) is 43.3 Å². The number of carbonyl (C=O) groups excluding carboxylic acids is 1. The minimum atomic E-state index is -2.97. The van der Waals surface area contributed by atoms with E-state index in [0.717, 1.165) is 33.5 Å². The molecule has 10 heteroatoms. The van der Waals surface area contributed by atoms with Gasteiger partial charge in [0.05, 0.1) is 29.2 Å². The van der Waals surface area contributed by atoms with Gasteiger partial charge in [-0.3, -0.25) is 4.79 Å². The molecule has 3 atom stereocenters. The maximum absolute atomic E-state index is 13.4. The Balaban J connectivity index is 1.55. The van der Waals surface area contributed by atoms with Crippen LogP contribution in [0.4, 0.5) is 8.78 Å². The van der Waals surface area contributed by atoms with Crippen molar-refractivity contribution in [3.63, 3.8) is 0 Å². The third kappa shape index (κ3) is 3.74. The molecule has 196 valence electrons. The Labute approximate surface area is 217 Å². The smallest absolute Gasteiger partial charge is 0.387 e. The highest BCUT2D eigenvalue weighted by Gasteiger charge is 2.46. The van der Waals surface area contributed by atoms with Crippen molar-refractivity contribution >= 4 is 16.9 Å². The summed E-state index contributed by atoms with van der Waals surface area (Å²) in [4.78, 5) is 28.2. The highest BCUT2D eigenvalue weighted by molar-refractivity contribution is 5.84. The Bertz CT molecular complexity index is 1560. The van der Waals surface area contributed by atoms with Gasteiger partial charge in [0.2, 0.25) is 5.91 Å². The lowest BCUT2D eigenvalue weighted by Crippen LogP contribution is -2.34. The number of benzene rings is 2. The number of carbonyl (C=O) groups is 1. The van der Waals surface area contributed by atoms with Gasteiger partial charge < -0.3 is 19.3 Å². The van der Waals surface area contributed by atoms with Crippen molar-refractivity contribution in [1.29, 1.82) is 0 Å². The Hall–Kier alpha value is -3.92. The number of nitrogens with zero attached hydrogens (tertiary/aromatic N) is 5. The van der Waals surface area contributed by atoms with Crippen LogP contribution in [0, 0.1) is 0 Å². The second-order valence-corrected chi connectivity index (χ2v) is 10.4. The van der Waals surface area contributed by atoms with Crippen molar-refractivity contribution in [3.05, 3.63) is 71.6 Å². The fourth-order valence-corrected chi connectivity index (χ4v) is 5.95. The first-order valence-corrected chi connectivity index (χ1v) is 12.5. The van der Waals surface area contributed by atoms with E-state index in [2.05, 4.69) is 14.5 Å². The number of rotatable bonds is 4. The van der Waals surface area contributed by atoms with Gasteiger partial charge in [0.1, 0.15) is 17.2 Å². The van der Waals surface area contributed by atoms with Crippen molar-refractivity contribution in [2.45, 2.75) is 64.5 Å². The van der Waals surface area contributed by atoms with Crippen LogP contribution in [0.15, 0.2) is 48.8 Å². The van der Waals surface area contributed by atoms with Crippen LogP contribution in [-0.4, -0.2) is 42.0 Å². The molecule has 4 heterocycles. The van der Waals surface area contributed by atoms with Crippen molar-refractivity contribution in [2.24, 2.45) is 0 Å². The molecular weight excluding hydrogens is 492 g/mol. The summed E-state index contributed by atoms with van der Waals surface area (Å²) in [6.45, 7) is 3.71. The zero-order valence-electron chi connectivity index (χ0n) is 21.4. The van der Waals surface area contributed by atoms with Gasteiger partial charge in [0.25, 0.3) is 0 Å². The number of hydrogen-bond donors (Lipinski definition) is 1. The average molecular weight is 520 g/mol. The van der Waals surface area contributed by atoms with Crippen LogP contribution in [0.25, 0.3) is 22.2 Å². The number of aromatic nitrogens is 4. The van der Waals surface area contributed by atoms with Gasteiger partial charge in [-0.05, 0) is 50.1 Å². The summed E-state index contributed by atoms with van der Waals surface area (Å²) in [5.41, 5.74) is 3.42. The Kier molecular flexibility index (Phi) is 5.50. The van der Waals surface area contributed by atoms with Crippen LogP contribution in [0.1, 0.15) is 75.0 Å². The number of ether oxygens (including phenoxy) is 1. The molecular formula is C28H27F2N5O3. The molecule has 38 heavy (non-hydrogen) atoms. The standard InChI is InChI=1S/C28H27F2N5O3/c1-14-18-6-5-7-23(38-27(29)30)24(18)21-11-22(34(14)15(2)36)25-33-19-9-8-16(10-20(19)35(21)25)17-12-31-26(32-13-17)28(3,4)37/h5-10,12-14,21-22,27,37H,11H2,1-4H3/t14-,21-,22?/m1/s1. The molecule has 0 aliphatic carbocycles. The number of halogens is 2. The third-order valence-corrected chi connectivity index (χ3v) is 7.52. The number of fused-ring (bicyclic) bond motifs is 9. The van der Waals surface area contributed by atoms with Crippen LogP contribution in [0.3, 0.4) is 0 Å². The van der Waals surface area contributed by atoms with Crippen LogP contribution in [-0.2, 0) is 10.4 Å². The molecule has 1 N–H and O–H groups in total. The predicted octanol–water partition coefficient (Wildman–Crippen LogP) is 5.28. The number of imidazole rings is 1. The largest absolute Gasteiger partial charge is 0.434 e. The van der Waals surface area contributed by atoms with E-state index in [9.17, 15) is 18.7 Å². The van der Waals surface area contributed by atoms with Crippen LogP contribution in [0.5, 0.6) is 5.75 Å². The van der Waals surface area contributed by atoms with Gasteiger partial charge in [0, 0.05) is 36.9 Å². The van der Waals surface area contributed by atoms with Gasteiger partial charge in [-0.15, -0.1) is 0 Å². The zero-order valence-corrected chi connectivity index (χ0v) is 21.4. The summed E-state index contributed by atoms with van der Waals surface area (Å²) in [6, 6.07) is 9.91. The Morgan fingerprint density at radius 3 is 2.53 bits per heavy atom. The molecule has 0 spiro atoms. The van der Waals surface area contributed by atoms with E-state index in [0.29, 0.717) is 17.8 Å². The Morgan fingerprint density at radius 1 is 1.13 bits per heavy atom. The molecule has 6 rings (SSSR count). The van der Waals surface area contributed by atoms with Gasteiger partial charge in [0.15, 0.2) is 5.82 Å². The molecule has 0 saturated carbocycles. The van der Waals surface area contributed by atoms with Gasteiger partial charge >= 0.3 is 6.61 Å². The SMILES string of the molecule is CC(=O)N1C2C[C@H](c3c(OC(F)F)cccc3[C@H]1C)n1c2nc2ccc(-c3cnc(C(C)(C)O)nc3)cc21. The second kappa shape index (κ2) is 8.56. The van der Waals surface area contributed by atoms with Crippen LogP contribution < -0.4 is 4.74 Å². The lowest BCUT2D eigenvalue weighted by Gasteiger charge is -2.33. The molecule has 0 saturated heterocycles. The first-order chi connectivity index (χ1) is 18.0. The van der Waals surface area contributed by atoms with Crippen molar-refractivity contribution < 1.29 is 23.4 Å². The summed E-state index contributed by atoms with van der Waals surface area (Å²) in [5.74, 6) is 1.04. The minimum absolute atomic E-state index is 0.111. The topological polar surface area (TPSA) is 93.4 Å². The molecule has 2 aliphatic heterocycles. The molecule has 2 aromatic carbocycles. The monoisotopic (exact) mass is 519 g/mol. The van der Waals surface area contributed by atoms with Gasteiger partial charge in [-0.1, -0.05) is 18.2 Å². The van der Waals surface area contributed by atoms with Crippen molar-refractivity contribution in [3.8, 4) is 16.9 Å². The van der Waals surface area contributed by atoms with Crippen molar-refractivity contribution in [1.82, 2.24) is 24.4 Å². The first-order valence-electron chi connectivity index (χ1n) is 12.5. The highest BCUT2D eigenvalue weighted by Crippen LogP contribution is 2.53. The molecule has 4 aromatic rings.